The lowest BCUT2D eigenvalue weighted by molar-refractivity contribution is -0.137. The second-order valence-electron chi connectivity index (χ2n) is 8.37. The Labute approximate surface area is 197 Å². The molecule has 2 aromatic carbocycles. The fourth-order valence-corrected chi connectivity index (χ4v) is 5.08. The van der Waals surface area contributed by atoms with Crippen molar-refractivity contribution in [2.75, 3.05) is 6.26 Å². The monoisotopic (exact) mass is 525 g/mol. The molecule has 1 atom stereocenters. The highest BCUT2D eigenvalue weighted by molar-refractivity contribution is 7.90. The lowest BCUT2D eigenvalue weighted by Crippen LogP contribution is -2.50. The number of hydrogen-bond donors (Lipinski definition) is 2. The summed E-state index contributed by atoms with van der Waals surface area (Å²) in [4.78, 5) is 12.5. The summed E-state index contributed by atoms with van der Waals surface area (Å²) >= 11 is 6.22. The van der Waals surface area contributed by atoms with Crippen molar-refractivity contribution in [1.82, 2.24) is 5.32 Å². The van der Waals surface area contributed by atoms with Crippen LogP contribution in [0.2, 0.25) is 5.02 Å². The minimum absolute atomic E-state index is 0.0749. The van der Waals surface area contributed by atoms with Crippen LogP contribution in [0.4, 0.5) is 22.0 Å². The Morgan fingerprint density at radius 3 is 2.21 bits per heavy atom. The Morgan fingerprint density at radius 1 is 1.09 bits per heavy atom. The van der Waals surface area contributed by atoms with Gasteiger partial charge in [0.2, 0.25) is 5.92 Å². The van der Waals surface area contributed by atoms with Gasteiger partial charge in [-0.1, -0.05) is 29.8 Å². The Hall–Kier alpha value is -2.24. The number of alkyl halides is 5. The van der Waals surface area contributed by atoms with E-state index in [2.05, 4.69) is 5.32 Å². The van der Waals surface area contributed by atoms with E-state index in [0.717, 1.165) is 6.26 Å². The molecule has 1 aliphatic carbocycles. The molecular weight excluding hydrogens is 505 g/mol. The van der Waals surface area contributed by atoms with E-state index in [1.165, 1.54) is 18.2 Å². The maximum absolute atomic E-state index is 13.8. The van der Waals surface area contributed by atoms with Crippen molar-refractivity contribution in [3.05, 3.63) is 64.2 Å². The van der Waals surface area contributed by atoms with Gasteiger partial charge in [-0.2, -0.15) is 13.2 Å². The molecule has 1 fully saturated rings. The van der Waals surface area contributed by atoms with E-state index in [1.54, 1.807) is 6.07 Å². The van der Waals surface area contributed by atoms with Crippen LogP contribution in [0.15, 0.2) is 47.4 Å². The van der Waals surface area contributed by atoms with Crippen LogP contribution in [0.3, 0.4) is 0 Å². The number of carbonyl (C=O) groups is 1. The fourth-order valence-electron chi connectivity index (χ4n) is 3.96. The molecule has 2 N–H and O–H groups in total. The average Bonchev–Trinajstić information content (AvgIpc) is 2.73. The molecule has 1 unspecified atom stereocenters. The van der Waals surface area contributed by atoms with Crippen LogP contribution >= 0.6 is 11.6 Å². The third-order valence-electron chi connectivity index (χ3n) is 5.83. The molecule has 34 heavy (non-hydrogen) atoms. The molecule has 0 saturated heterocycles. The number of benzene rings is 2. The topological polar surface area (TPSA) is 83.5 Å². The molecule has 0 aliphatic heterocycles. The van der Waals surface area contributed by atoms with Crippen molar-refractivity contribution >= 4 is 27.3 Å². The SMILES string of the molecule is CS(=O)(=O)c1ccc(C(F)(F)F)cc1C(=O)NC(c1ccccc1Cl)C1(O)CCC(F)(F)CC1. The highest BCUT2D eigenvalue weighted by atomic mass is 35.5. The van der Waals surface area contributed by atoms with Gasteiger partial charge < -0.3 is 10.4 Å². The summed E-state index contributed by atoms with van der Waals surface area (Å²) in [6.07, 6.45) is -6.36. The van der Waals surface area contributed by atoms with Crippen LogP contribution in [0.5, 0.6) is 0 Å². The Bertz CT molecular complexity index is 1190. The summed E-state index contributed by atoms with van der Waals surface area (Å²) in [5.41, 5.74) is -3.80. The zero-order chi connectivity index (χ0) is 25.5. The molecule has 1 saturated carbocycles. The van der Waals surface area contributed by atoms with Gasteiger partial charge >= 0.3 is 6.18 Å². The van der Waals surface area contributed by atoms with Gasteiger partial charge in [0.1, 0.15) is 0 Å². The number of rotatable bonds is 5. The number of sulfone groups is 1. The minimum Gasteiger partial charge on any atom is -0.387 e. The fraction of sp³-hybridized carbons (Fsp3) is 0.409. The van der Waals surface area contributed by atoms with Gasteiger partial charge in [-0.15, -0.1) is 0 Å². The molecule has 5 nitrogen and oxygen atoms in total. The van der Waals surface area contributed by atoms with Crippen molar-refractivity contribution in [1.29, 1.82) is 0 Å². The first kappa shape index (κ1) is 26.4. The van der Waals surface area contributed by atoms with Crippen LogP contribution in [0, 0.1) is 0 Å². The van der Waals surface area contributed by atoms with Crippen molar-refractivity contribution in [2.45, 2.75) is 54.3 Å². The summed E-state index contributed by atoms with van der Waals surface area (Å²) in [5.74, 6) is -4.26. The predicted octanol–water partition coefficient (Wildman–Crippen LogP) is 5.17. The van der Waals surface area contributed by atoms with E-state index >= 15 is 0 Å². The summed E-state index contributed by atoms with van der Waals surface area (Å²) in [5, 5.41) is 13.7. The summed E-state index contributed by atoms with van der Waals surface area (Å²) in [6, 6.07) is 6.15. The lowest BCUT2D eigenvalue weighted by Gasteiger charge is -2.42. The van der Waals surface area contributed by atoms with Gasteiger partial charge in [-0.3, -0.25) is 4.79 Å². The summed E-state index contributed by atoms with van der Waals surface area (Å²) in [6.45, 7) is 0. The number of carbonyl (C=O) groups excluding carboxylic acids is 1. The smallest absolute Gasteiger partial charge is 0.387 e. The van der Waals surface area contributed by atoms with Crippen LogP contribution in [-0.2, 0) is 16.0 Å². The third-order valence-corrected chi connectivity index (χ3v) is 7.33. The molecule has 2 aromatic rings. The molecule has 0 aromatic heterocycles. The van der Waals surface area contributed by atoms with Gasteiger partial charge in [0.15, 0.2) is 9.84 Å². The first-order valence-corrected chi connectivity index (χ1v) is 12.4. The molecule has 0 spiro atoms. The molecule has 1 aliphatic rings. The second-order valence-corrected chi connectivity index (χ2v) is 10.8. The standard InChI is InChI=1S/C22H21ClF5NO4S/c1-34(32,33)17-7-6-13(22(26,27)28)12-15(17)19(30)29-18(14-4-2-3-5-16(14)23)20(31)8-10-21(24,25)11-9-20/h2-7,12,18,31H,8-11H2,1H3,(H,29,30). The van der Waals surface area contributed by atoms with Crippen LogP contribution in [-0.4, -0.2) is 37.2 Å². The van der Waals surface area contributed by atoms with Gasteiger partial charge in [0.25, 0.3) is 5.91 Å². The number of aliphatic hydroxyl groups is 1. The maximum atomic E-state index is 13.8. The Morgan fingerprint density at radius 2 is 1.68 bits per heavy atom. The maximum Gasteiger partial charge on any atom is 0.416 e. The average molecular weight is 526 g/mol. The van der Waals surface area contributed by atoms with Crippen LogP contribution < -0.4 is 5.32 Å². The zero-order valence-corrected chi connectivity index (χ0v) is 19.4. The van der Waals surface area contributed by atoms with Crippen LogP contribution in [0.1, 0.15) is 53.2 Å². The van der Waals surface area contributed by atoms with E-state index in [1.807, 2.05) is 0 Å². The minimum atomic E-state index is -4.86. The zero-order valence-electron chi connectivity index (χ0n) is 17.8. The van der Waals surface area contributed by atoms with E-state index in [4.69, 9.17) is 11.6 Å². The molecule has 0 radical (unpaired) electrons. The molecular formula is C22H21ClF5NO4S. The van der Waals surface area contributed by atoms with Gasteiger partial charge in [0.05, 0.1) is 27.7 Å². The van der Waals surface area contributed by atoms with Crippen molar-refractivity contribution in [3.63, 3.8) is 0 Å². The lowest BCUT2D eigenvalue weighted by atomic mass is 9.75. The molecule has 12 heteroatoms. The third kappa shape index (κ3) is 5.69. The molecule has 0 heterocycles. The van der Waals surface area contributed by atoms with Crippen molar-refractivity contribution in [3.8, 4) is 0 Å². The van der Waals surface area contributed by atoms with E-state index in [0.29, 0.717) is 18.2 Å². The first-order valence-electron chi connectivity index (χ1n) is 10.1. The summed E-state index contributed by atoms with van der Waals surface area (Å²) < 4.78 is 91.6. The quantitative estimate of drug-likeness (QED) is 0.527. The molecule has 0 bridgehead atoms. The van der Waals surface area contributed by atoms with Gasteiger partial charge in [-0.05, 0) is 42.7 Å². The first-order chi connectivity index (χ1) is 15.5. The van der Waals surface area contributed by atoms with E-state index < -0.39 is 81.2 Å². The molecule has 186 valence electrons. The normalized spacial score (nSPS) is 18.8. The highest BCUT2D eigenvalue weighted by Gasteiger charge is 2.48. The van der Waals surface area contributed by atoms with Crippen molar-refractivity contribution in [2.24, 2.45) is 0 Å². The van der Waals surface area contributed by atoms with Gasteiger partial charge in [0, 0.05) is 24.1 Å². The number of nitrogens with one attached hydrogen (secondary N) is 1. The summed E-state index contributed by atoms with van der Waals surface area (Å²) in [7, 11) is -4.12. The Balaban J connectivity index is 2.09. The number of amides is 1. The highest BCUT2D eigenvalue weighted by Crippen LogP contribution is 2.45. The molecule has 3 rings (SSSR count). The Kier molecular flexibility index (Phi) is 7.05. The van der Waals surface area contributed by atoms with Crippen LogP contribution in [0.25, 0.3) is 0 Å². The largest absolute Gasteiger partial charge is 0.416 e. The molecule has 1 amide bonds. The predicted molar refractivity (Wildman–Crippen MR) is 115 cm³/mol. The van der Waals surface area contributed by atoms with Gasteiger partial charge in [-0.25, -0.2) is 17.2 Å². The number of halogens is 6. The van der Waals surface area contributed by atoms with E-state index in [-0.39, 0.29) is 10.6 Å². The van der Waals surface area contributed by atoms with Crippen molar-refractivity contribution < 1.29 is 40.3 Å². The van der Waals surface area contributed by atoms with E-state index in [9.17, 15) is 40.3 Å². The second kappa shape index (κ2) is 9.09. The number of hydrogen-bond acceptors (Lipinski definition) is 4.